The van der Waals surface area contributed by atoms with E-state index in [4.69, 9.17) is 10.5 Å². The lowest BCUT2D eigenvalue weighted by molar-refractivity contribution is -0.145. The molecule has 5 atom stereocenters. The van der Waals surface area contributed by atoms with E-state index in [0.29, 0.717) is 17.8 Å². The van der Waals surface area contributed by atoms with Gasteiger partial charge in [-0.25, -0.2) is 4.79 Å². The molecule has 0 heterocycles. The SMILES string of the molecule is CC(C)(C)OC(=O)NC1[C@@H]2CC3C[C@H]1CC(C(N)=O)(C3)C2. The van der Waals surface area contributed by atoms with Gasteiger partial charge in [-0.1, -0.05) is 0 Å². The van der Waals surface area contributed by atoms with Crippen LogP contribution in [-0.2, 0) is 9.53 Å². The zero-order valence-electron chi connectivity index (χ0n) is 13.1. The van der Waals surface area contributed by atoms with Gasteiger partial charge in [-0.05, 0) is 70.6 Å². The van der Waals surface area contributed by atoms with Gasteiger partial charge in [0.15, 0.2) is 0 Å². The Morgan fingerprint density at radius 1 is 1.14 bits per heavy atom. The zero-order valence-corrected chi connectivity index (χ0v) is 13.1. The number of primary amides is 1. The molecule has 3 unspecified atom stereocenters. The molecule has 118 valence electrons. The highest BCUT2D eigenvalue weighted by Crippen LogP contribution is 2.59. The second-order valence-corrected chi connectivity index (χ2v) is 8.29. The normalized spacial score (nSPS) is 40.9. The van der Waals surface area contributed by atoms with E-state index in [1.165, 1.54) is 0 Å². The molecule has 4 rings (SSSR count). The lowest BCUT2D eigenvalue weighted by Gasteiger charge is -2.58. The molecular formula is C16H26N2O3. The monoisotopic (exact) mass is 294 g/mol. The lowest BCUT2D eigenvalue weighted by Crippen LogP contribution is -2.62. The standard InChI is InChI=1S/C16H26N2O3/c1-15(2,3)21-14(20)18-12-10-4-9-5-11(12)8-16(6-9,7-10)13(17)19/h9-12H,4-8H2,1-3H3,(H2,17,19)(H,18,20)/t9?,10-,11+,12?,16?. The Hall–Kier alpha value is -1.26. The zero-order chi connectivity index (χ0) is 15.4. The predicted molar refractivity (Wildman–Crippen MR) is 78.3 cm³/mol. The smallest absolute Gasteiger partial charge is 0.407 e. The van der Waals surface area contributed by atoms with Crippen LogP contribution in [0, 0.1) is 23.2 Å². The summed E-state index contributed by atoms with van der Waals surface area (Å²) in [5.74, 6) is 1.21. The molecule has 0 aromatic carbocycles. The summed E-state index contributed by atoms with van der Waals surface area (Å²) in [7, 11) is 0. The number of carbonyl (C=O) groups excluding carboxylic acids is 2. The van der Waals surface area contributed by atoms with Gasteiger partial charge in [0.1, 0.15) is 5.60 Å². The molecule has 4 bridgehead atoms. The van der Waals surface area contributed by atoms with E-state index in [1.807, 2.05) is 20.8 Å². The second-order valence-electron chi connectivity index (χ2n) is 8.29. The van der Waals surface area contributed by atoms with Crippen LogP contribution in [0.3, 0.4) is 0 Å². The Bertz CT molecular complexity index is 453. The van der Waals surface area contributed by atoms with Gasteiger partial charge in [0, 0.05) is 11.5 Å². The Balaban J connectivity index is 1.70. The molecule has 0 aromatic rings. The van der Waals surface area contributed by atoms with Gasteiger partial charge in [0.2, 0.25) is 5.91 Å². The van der Waals surface area contributed by atoms with Gasteiger partial charge < -0.3 is 15.8 Å². The fourth-order valence-electron chi connectivity index (χ4n) is 5.01. The van der Waals surface area contributed by atoms with Crippen LogP contribution in [-0.4, -0.2) is 23.6 Å². The van der Waals surface area contributed by atoms with Gasteiger partial charge >= 0.3 is 6.09 Å². The summed E-state index contributed by atoms with van der Waals surface area (Å²) in [4.78, 5) is 23.9. The first-order valence-electron chi connectivity index (χ1n) is 7.98. The minimum Gasteiger partial charge on any atom is -0.444 e. The molecule has 5 heteroatoms. The molecular weight excluding hydrogens is 268 g/mol. The van der Waals surface area contributed by atoms with E-state index in [2.05, 4.69) is 5.32 Å². The first-order chi connectivity index (χ1) is 9.68. The van der Waals surface area contributed by atoms with Crippen LogP contribution in [0.15, 0.2) is 0 Å². The molecule has 0 radical (unpaired) electrons. The van der Waals surface area contributed by atoms with Crippen LogP contribution < -0.4 is 11.1 Å². The third-order valence-electron chi connectivity index (χ3n) is 5.48. The van der Waals surface area contributed by atoms with Gasteiger partial charge in [-0.15, -0.1) is 0 Å². The highest BCUT2D eigenvalue weighted by molar-refractivity contribution is 5.81. The van der Waals surface area contributed by atoms with Crippen molar-refractivity contribution in [1.82, 2.24) is 5.32 Å². The molecule has 2 amide bonds. The van der Waals surface area contributed by atoms with E-state index in [1.54, 1.807) is 0 Å². The Morgan fingerprint density at radius 3 is 2.19 bits per heavy atom. The molecule has 0 spiro atoms. The first-order valence-corrected chi connectivity index (χ1v) is 7.98. The quantitative estimate of drug-likeness (QED) is 0.819. The molecule has 0 aromatic heterocycles. The number of carbonyl (C=O) groups is 2. The maximum atomic E-state index is 12.0. The van der Waals surface area contributed by atoms with Crippen LogP contribution in [0.1, 0.15) is 52.9 Å². The lowest BCUT2D eigenvalue weighted by atomic mass is 9.47. The van der Waals surface area contributed by atoms with Gasteiger partial charge in [-0.3, -0.25) is 4.79 Å². The Morgan fingerprint density at radius 2 is 1.71 bits per heavy atom. The first kappa shape index (κ1) is 14.7. The molecule has 0 aliphatic heterocycles. The van der Waals surface area contributed by atoms with E-state index in [9.17, 15) is 9.59 Å². The molecule has 3 N–H and O–H groups in total. The topological polar surface area (TPSA) is 81.4 Å². The van der Waals surface area contributed by atoms with Crippen molar-refractivity contribution >= 4 is 12.0 Å². The number of alkyl carbamates (subject to hydrolysis) is 1. The minimum atomic E-state index is -0.482. The van der Waals surface area contributed by atoms with Crippen molar-refractivity contribution in [2.24, 2.45) is 28.9 Å². The van der Waals surface area contributed by atoms with Crippen molar-refractivity contribution in [1.29, 1.82) is 0 Å². The summed E-state index contributed by atoms with van der Waals surface area (Å²) in [6.07, 6.45) is 4.48. The maximum absolute atomic E-state index is 12.0. The maximum Gasteiger partial charge on any atom is 0.407 e. The number of amides is 2. The summed E-state index contributed by atoms with van der Waals surface area (Å²) < 4.78 is 5.37. The Labute approximate surface area is 126 Å². The number of hydrogen-bond donors (Lipinski definition) is 2. The highest BCUT2D eigenvalue weighted by atomic mass is 16.6. The van der Waals surface area contributed by atoms with Crippen molar-refractivity contribution in [2.45, 2.75) is 64.5 Å². The number of rotatable bonds is 2. The van der Waals surface area contributed by atoms with Gasteiger partial charge in [0.05, 0.1) is 0 Å². The summed E-state index contributed by atoms with van der Waals surface area (Å²) >= 11 is 0. The van der Waals surface area contributed by atoms with Crippen molar-refractivity contribution in [3.8, 4) is 0 Å². The highest BCUT2D eigenvalue weighted by Gasteiger charge is 2.58. The predicted octanol–water partition coefficient (Wildman–Crippen LogP) is 2.19. The third kappa shape index (κ3) is 2.62. The molecule has 4 saturated carbocycles. The Kier molecular flexibility index (Phi) is 3.22. The van der Waals surface area contributed by atoms with E-state index < -0.39 is 5.60 Å². The average molecular weight is 294 g/mol. The van der Waals surface area contributed by atoms with Crippen molar-refractivity contribution in [2.75, 3.05) is 0 Å². The van der Waals surface area contributed by atoms with Crippen molar-refractivity contribution < 1.29 is 14.3 Å². The van der Waals surface area contributed by atoms with Gasteiger partial charge in [-0.2, -0.15) is 0 Å². The van der Waals surface area contributed by atoms with Crippen LogP contribution in [0.25, 0.3) is 0 Å². The van der Waals surface area contributed by atoms with E-state index in [-0.39, 0.29) is 23.5 Å². The number of nitrogens with two attached hydrogens (primary N) is 1. The summed E-state index contributed by atoms with van der Waals surface area (Å²) in [5.41, 5.74) is 4.89. The molecule has 4 fully saturated rings. The fourth-order valence-corrected chi connectivity index (χ4v) is 5.01. The van der Waals surface area contributed by atoms with E-state index >= 15 is 0 Å². The molecule has 5 nitrogen and oxygen atoms in total. The van der Waals surface area contributed by atoms with Crippen LogP contribution in [0.5, 0.6) is 0 Å². The van der Waals surface area contributed by atoms with Crippen LogP contribution in [0.2, 0.25) is 0 Å². The second kappa shape index (κ2) is 4.62. The van der Waals surface area contributed by atoms with E-state index in [0.717, 1.165) is 32.1 Å². The third-order valence-corrected chi connectivity index (χ3v) is 5.48. The number of hydrogen-bond acceptors (Lipinski definition) is 3. The summed E-state index contributed by atoms with van der Waals surface area (Å²) in [5, 5.41) is 3.06. The largest absolute Gasteiger partial charge is 0.444 e. The van der Waals surface area contributed by atoms with Crippen molar-refractivity contribution in [3.05, 3.63) is 0 Å². The molecule has 4 aliphatic carbocycles. The summed E-state index contributed by atoms with van der Waals surface area (Å²) in [6.45, 7) is 5.60. The number of ether oxygens (including phenoxy) is 1. The van der Waals surface area contributed by atoms with Crippen LogP contribution in [0.4, 0.5) is 4.79 Å². The number of nitrogens with one attached hydrogen (secondary N) is 1. The fraction of sp³-hybridized carbons (Fsp3) is 0.875. The van der Waals surface area contributed by atoms with Crippen LogP contribution >= 0.6 is 0 Å². The average Bonchev–Trinajstić information content (AvgIpc) is 2.30. The summed E-state index contributed by atoms with van der Waals surface area (Å²) in [6, 6.07) is 0.142. The van der Waals surface area contributed by atoms with Crippen molar-refractivity contribution in [3.63, 3.8) is 0 Å². The molecule has 4 aliphatic rings. The molecule has 0 saturated heterocycles. The minimum absolute atomic E-state index is 0.141. The molecule has 21 heavy (non-hydrogen) atoms. The van der Waals surface area contributed by atoms with Gasteiger partial charge in [0.25, 0.3) is 0 Å².